The van der Waals surface area contributed by atoms with Crippen molar-refractivity contribution in [2.24, 2.45) is 5.92 Å². The molecule has 0 bridgehead atoms. The fourth-order valence-corrected chi connectivity index (χ4v) is 2.26. The summed E-state index contributed by atoms with van der Waals surface area (Å²) in [6, 6.07) is 1.01. The standard InChI is InChI=1S/C8H15N/c1-2-9-6-5-7-3-4-8(7)9/h7-8H,2-6H2,1H3/t7-,8-/m1/s1. The molecule has 0 aromatic carbocycles. The van der Waals surface area contributed by atoms with Crippen molar-refractivity contribution in [3.05, 3.63) is 0 Å². The van der Waals surface area contributed by atoms with Crippen LogP contribution in [0.5, 0.6) is 0 Å². The Morgan fingerprint density at radius 3 is 2.56 bits per heavy atom. The summed E-state index contributed by atoms with van der Waals surface area (Å²) in [6.45, 7) is 4.94. The Morgan fingerprint density at radius 2 is 2.22 bits per heavy atom. The number of rotatable bonds is 1. The number of hydrogen-bond donors (Lipinski definition) is 0. The Hall–Kier alpha value is -0.0400. The van der Waals surface area contributed by atoms with E-state index in [1.54, 1.807) is 0 Å². The molecule has 1 heterocycles. The minimum Gasteiger partial charge on any atom is -0.300 e. The highest BCUT2D eigenvalue weighted by atomic mass is 15.2. The van der Waals surface area contributed by atoms with Gasteiger partial charge in [0.25, 0.3) is 0 Å². The van der Waals surface area contributed by atoms with E-state index in [4.69, 9.17) is 0 Å². The maximum Gasteiger partial charge on any atom is 0.0124 e. The third kappa shape index (κ3) is 0.710. The normalized spacial score (nSPS) is 42.3. The predicted octanol–water partition coefficient (Wildman–Crippen LogP) is 1.49. The van der Waals surface area contributed by atoms with Gasteiger partial charge in [-0.15, -0.1) is 0 Å². The van der Waals surface area contributed by atoms with Crippen molar-refractivity contribution >= 4 is 0 Å². The topological polar surface area (TPSA) is 3.24 Å². The Morgan fingerprint density at radius 1 is 1.33 bits per heavy atom. The molecule has 0 N–H and O–H groups in total. The molecule has 0 unspecified atom stereocenters. The Labute approximate surface area is 57.0 Å². The fourth-order valence-electron chi connectivity index (χ4n) is 2.26. The zero-order valence-corrected chi connectivity index (χ0v) is 6.14. The van der Waals surface area contributed by atoms with Crippen LogP contribution in [0.1, 0.15) is 26.2 Å². The van der Waals surface area contributed by atoms with Crippen LogP contribution < -0.4 is 0 Å². The molecule has 0 aromatic rings. The van der Waals surface area contributed by atoms with Crippen LogP contribution in [-0.2, 0) is 0 Å². The summed E-state index contributed by atoms with van der Waals surface area (Å²) < 4.78 is 0. The van der Waals surface area contributed by atoms with E-state index in [2.05, 4.69) is 11.8 Å². The molecular formula is C8H15N. The van der Waals surface area contributed by atoms with Crippen LogP contribution in [0.4, 0.5) is 0 Å². The van der Waals surface area contributed by atoms with E-state index in [1.807, 2.05) is 0 Å². The third-order valence-corrected chi connectivity index (χ3v) is 3.04. The summed E-state index contributed by atoms with van der Waals surface area (Å²) in [4.78, 5) is 2.63. The zero-order chi connectivity index (χ0) is 6.27. The van der Waals surface area contributed by atoms with E-state index >= 15 is 0 Å². The summed E-state index contributed by atoms with van der Waals surface area (Å²) in [5.41, 5.74) is 0. The van der Waals surface area contributed by atoms with Gasteiger partial charge in [0, 0.05) is 6.04 Å². The molecule has 0 aromatic heterocycles. The quantitative estimate of drug-likeness (QED) is 0.513. The molecule has 2 atom stereocenters. The fraction of sp³-hybridized carbons (Fsp3) is 1.00. The first-order chi connectivity index (χ1) is 4.42. The summed E-state index contributed by atoms with van der Waals surface area (Å²) in [5.74, 6) is 1.10. The molecule has 1 saturated carbocycles. The highest BCUT2D eigenvalue weighted by Gasteiger charge is 2.39. The van der Waals surface area contributed by atoms with E-state index in [0.717, 1.165) is 12.0 Å². The van der Waals surface area contributed by atoms with E-state index in [9.17, 15) is 0 Å². The molecule has 1 nitrogen and oxygen atoms in total. The molecule has 1 aliphatic heterocycles. The summed E-state index contributed by atoms with van der Waals surface area (Å²) >= 11 is 0. The maximum absolute atomic E-state index is 2.63. The monoisotopic (exact) mass is 125 g/mol. The maximum atomic E-state index is 2.63. The molecule has 0 spiro atoms. The second kappa shape index (κ2) is 1.98. The van der Waals surface area contributed by atoms with E-state index in [0.29, 0.717) is 0 Å². The molecule has 52 valence electrons. The summed E-state index contributed by atoms with van der Waals surface area (Å²) in [7, 11) is 0. The zero-order valence-electron chi connectivity index (χ0n) is 6.14. The number of nitrogens with zero attached hydrogens (tertiary/aromatic N) is 1. The lowest BCUT2D eigenvalue weighted by molar-refractivity contribution is 0.149. The number of likely N-dealkylation sites (tertiary alicyclic amines) is 1. The minimum absolute atomic E-state index is 1.01. The van der Waals surface area contributed by atoms with Crippen LogP contribution in [0.15, 0.2) is 0 Å². The minimum atomic E-state index is 1.01. The smallest absolute Gasteiger partial charge is 0.0124 e. The van der Waals surface area contributed by atoms with E-state index in [-0.39, 0.29) is 0 Å². The third-order valence-electron chi connectivity index (χ3n) is 3.04. The van der Waals surface area contributed by atoms with Crippen LogP contribution in [0.2, 0.25) is 0 Å². The Kier molecular flexibility index (Phi) is 1.26. The van der Waals surface area contributed by atoms with Gasteiger partial charge in [-0.2, -0.15) is 0 Å². The Bertz CT molecular complexity index is 109. The number of fused-ring (bicyclic) bond motifs is 1. The van der Waals surface area contributed by atoms with Crippen molar-refractivity contribution in [1.82, 2.24) is 4.90 Å². The molecule has 2 fully saturated rings. The molecule has 1 saturated heterocycles. The van der Waals surface area contributed by atoms with Crippen molar-refractivity contribution in [2.45, 2.75) is 32.2 Å². The van der Waals surface area contributed by atoms with Gasteiger partial charge in [-0.3, -0.25) is 0 Å². The van der Waals surface area contributed by atoms with Crippen LogP contribution in [0.3, 0.4) is 0 Å². The lowest BCUT2D eigenvalue weighted by atomic mass is 9.80. The van der Waals surface area contributed by atoms with Gasteiger partial charge in [0.2, 0.25) is 0 Å². The Balaban J connectivity index is 1.97. The highest BCUT2D eigenvalue weighted by molar-refractivity contribution is 4.94. The molecule has 2 rings (SSSR count). The van der Waals surface area contributed by atoms with Gasteiger partial charge in [0.15, 0.2) is 0 Å². The van der Waals surface area contributed by atoms with Gasteiger partial charge in [0.1, 0.15) is 0 Å². The van der Waals surface area contributed by atoms with Crippen LogP contribution in [0, 0.1) is 5.92 Å². The molecule has 0 amide bonds. The average Bonchev–Trinajstić information content (AvgIpc) is 2.07. The largest absolute Gasteiger partial charge is 0.300 e. The first kappa shape index (κ1) is 5.72. The van der Waals surface area contributed by atoms with Gasteiger partial charge in [0.05, 0.1) is 0 Å². The molecular weight excluding hydrogens is 110 g/mol. The summed E-state index contributed by atoms with van der Waals surface area (Å²) in [6.07, 6.45) is 4.48. The van der Waals surface area contributed by atoms with Crippen LogP contribution in [-0.4, -0.2) is 24.0 Å². The highest BCUT2D eigenvalue weighted by Crippen LogP contribution is 2.39. The van der Waals surface area contributed by atoms with Crippen LogP contribution in [0.25, 0.3) is 0 Å². The lowest BCUT2D eigenvalue weighted by Gasteiger charge is -2.35. The van der Waals surface area contributed by atoms with Gasteiger partial charge in [-0.1, -0.05) is 6.92 Å². The van der Waals surface area contributed by atoms with Gasteiger partial charge in [-0.05, 0) is 38.3 Å². The van der Waals surface area contributed by atoms with Crippen molar-refractivity contribution in [3.8, 4) is 0 Å². The first-order valence-corrected chi connectivity index (χ1v) is 4.16. The summed E-state index contributed by atoms with van der Waals surface area (Å²) in [5, 5.41) is 0. The van der Waals surface area contributed by atoms with E-state index in [1.165, 1.54) is 32.4 Å². The second-order valence-corrected chi connectivity index (χ2v) is 3.32. The van der Waals surface area contributed by atoms with Crippen molar-refractivity contribution < 1.29 is 0 Å². The van der Waals surface area contributed by atoms with Crippen LogP contribution >= 0.6 is 0 Å². The van der Waals surface area contributed by atoms with Crippen molar-refractivity contribution in [3.63, 3.8) is 0 Å². The first-order valence-electron chi connectivity index (χ1n) is 4.16. The molecule has 0 radical (unpaired) electrons. The van der Waals surface area contributed by atoms with Crippen molar-refractivity contribution in [2.75, 3.05) is 13.1 Å². The van der Waals surface area contributed by atoms with Gasteiger partial charge in [-0.25, -0.2) is 0 Å². The number of hydrogen-bond acceptors (Lipinski definition) is 1. The molecule has 2 aliphatic rings. The molecule has 1 heteroatoms. The molecule has 1 aliphatic carbocycles. The SMILES string of the molecule is CCN1CC[C@H]2CC[C@H]21. The second-order valence-electron chi connectivity index (χ2n) is 3.32. The lowest BCUT2D eigenvalue weighted by Crippen LogP contribution is -2.38. The predicted molar refractivity (Wildman–Crippen MR) is 38.4 cm³/mol. The van der Waals surface area contributed by atoms with Crippen molar-refractivity contribution in [1.29, 1.82) is 0 Å². The molecule has 9 heavy (non-hydrogen) atoms. The van der Waals surface area contributed by atoms with Gasteiger partial charge >= 0.3 is 0 Å². The van der Waals surface area contributed by atoms with E-state index < -0.39 is 0 Å². The van der Waals surface area contributed by atoms with Gasteiger partial charge < -0.3 is 4.90 Å². The average molecular weight is 125 g/mol.